The van der Waals surface area contributed by atoms with Gasteiger partial charge in [0, 0.05) is 23.1 Å². The summed E-state index contributed by atoms with van der Waals surface area (Å²) < 4.78 is 0. The molecule has 0 bridgehead atoms. The number of aromatic hydroxyl groups is 1. The molecule has 1 aromatic carbocycles. The van der Waals surface area contributed by atoms with Crippen molar-refractivity contribution >= 4 is 11.6 Å². The summed E-state index contributed by atoms with van der Waals surface area (Å²) in [7, 11) is 0. The van der Waals surface area contributed by atoms with E-state index in [4.69, 9.17) is 0 Å². The van der Waals surface area contributed by atoms with Crippen molar-refractivity contribution in [2.45, 2.75) is 31.5 Å². The highest BCUT2D eigenvalue weighted by molar-refractivity contribution is 6.11. The molecule has 4 rings (SSSR count). The monoisotopic (exact) mass is 326 g/mol. The SMILES string of the molecule is C[C@H]1CC(=O)C2=C(C=C[C@]3(O)[C@@H]2C(=O)c2cccc(O)c2[C@@H]3O)C1. The number of hydrogen-bond acceptors (Lipinski definition) is 5. The van der Waals surface area contributed by atoms with E-state index < -0.39 is 23.4 Å². The molecule has 0 fully saturated rings. The van der Waals surface area contributed by atoms with E-state index in [0.717, 1.165) is 5.57 Å². The third kappa shape index (κ3) is 1.82. The van der Waals surface area contributed by atoms with Gasteiger partial charge < -0.3 is 15.3 Å². The number of carbonyl (C=O) groups is 2. The van der Waals surface area contributed by atoms with Crippen LogP contribution in [0.5, 0.6) is 5.75 Å². The predicted octanol–water partition coefficient (Wildman–Crippen LogP) is 1.83. The highest BCUT2D eigenvalue weighted by Crippen LogP contribution is 2.52. The molecule has 3 aliphatic rings. The van der Waals surface area contributed by atoms with E-state index in [2.05, 4.69) is 0 Å². The van der Waals surface area contributed by atoms with E-state index in [-0.39, 0.29) is 28.6 Å². The van der Waals surface area contributed by atoms with E-state index in [0.29, 0.717) is 18.4 Å². The molecule has 24 heavy (non-hydrogen) atoms. The molecule has 0 saturated carbocycles. The molecule has 5 heteroatoms. The van der Waals surface area contributed by atoms with Gasteiger partial charge in [-0.2, -0.15) is 0 Å². The molecule has 5 nitrogen and oxygen atoms in total. The number of fused-ring (bicyclic) bond motifs is 3. The van der Waals surface area contributed by atoms with Crippen LogP contribution in [0.4, 0.5) is 0 Å². The number of phenolic OH excluding ortho intramolecular Hbond substituents is 1. The van der Waals surface area contributed by atoms with Crippen molar-refractivity contribution in [3.63, 3.8) is 0 Å². The number of carbonyl (C=O) groups excluding carboxylic acids is 2. The lowest BCUT2D eigenvalue weighted by atomic mass is 9.61. The maximum Gasteiger partial charge on any atom is 0.174 e. The van der Waals surface area contributed by atoms with Crippen molar-refractivity contribution in [2.24, 2.45) is 11.8 Å². The molecule has 3 N–H and O–H groups in total. The fraction of sp³-hybridized carbons (Fsp3) is 0.368. The van der Waals surface area contributed by atoms with Crippen LogP contribution in [0.2, 0.25) is 0 Å². The van der Waals surface area contributed by atoms with E-state index >= 15 is 0 Å². The molecule has 0 heterocycles. The number of aliphatic hydroxyl groups is 2. The summed E-state index contributed by atoms with van der Waals surface area (Å²) >= 11 is 0. The summed E-state index contributed by atoms with van der Waals surface area (Å²) in [4.78, 5) is 25.6. The van der Waals surface area contributed by atoms with Crippen molar-refractivity contribution in [3.05, 3.63) is 52.6 Å². The van der Waals surface area contributed by atoms with Crippen LogP contribution in [-0.2, 0) is 4.79 Å². The van der Waals surface area contributed by atoms with Crippen molar-refractivity contribution in [3.8, 4) is 5.75 Å². The third-order valence-corrected chi connectivity index (χ3v) is 5.37. The molecule has 0 saturated heterocycles. The second-order valence-electron chi connectivity index (χ2n) is 7.03. The maximum atomic E-state index is 13.0. The zero-order valence-electron chi connectivity index (χ0n) is 13.2. The van der Waals surface area contributed by atoms with Gasteiger partial charge in [-0.15, -0.1) is 0 Å². The van der Waals surface area contributed by atoms with E-state index in [1.54, 1.807) is 6.08 Å². The molecule has 4 atom stereocenters. The fourth-order valence-corrected chi connectivity index (χ4v) is 4.26. The van der Waals surface area contributed by atoms with E-state index in [9.17, 15) is 24.9 Å². The number of ketones is 2. The second-order valence-corrected chi connectivity index (χ2v) is 7.03. The second kappa shape index (κ2) is 4.88. The number of allylic oxidation sites excluding steroid dienone is 2. The minimum absolute atomic E-state index is 0.0200. The molecule has 0 radical (unpaired) electrons. The van der Waals surface area contributed by atoms with Crippen LogP contribution in [0.25, 0.3) is 0 Å². The molecule has 0 aliphatic heterocycles. The van der Waals surface area contributed by atoms with Crippen LogP contribution < -0.4 is 0 Å². The molecule has 0 spiro atoms. The zero-order chi connectivity index (χ0) is 17.2. The van der Waals surface area contributed by atoms with Crippen molar-refractivity contribution < 1.29 is 24.9 Å². The van der Waals surface area contributed by atoms with Gasteiger partial charge in [0.15, 0.2) is 11.6 Å². The van der Waals surface area contributed by atoms with Gasteiger partial charge in [-0.25, -0.2) is 0 Å². The number of aliphatic hydroxyl groups excluding tert-OH is 1. The minimum Gasteiger partial charge on any atom is -0.508 e. The number of hydrogen-bond donors (Lipinski definition) is 3. The number of Topliss-reactive ketones (excluding diaryl/α,β-unsaturated/α-hetero) is 2. The van der Waals surface area contributed by atoms with Crippen LogP contribution in [0.3, 0.4) is 0 Å². The zero-order valence-corrected chi connectivity index (χ0v) is 13.2. The van der Waals surface area contributed by atoms with Gasteiger partial charge in [-0.05, 0) is 30.1 Å². The van der Waals surface area contributed by atoms with Crippen molar-refractivity contribution in [2.75, 3.05) is 0 Å². The first-order chi connectivity index (χ1) is 11.3. The first-order valence-electron chi connectivity index (χ1n) is 8.06. The lowest BCUT2D eigenvalue weighted by Crippen LogP contribution is -2.53. The first-order valence-corrected chi connectivity index (χ1v) is 8.06. The molecule has 0 aromatic heterocycles. The van der Waals surface area contributed by atoms with Gasteiger partial charge in [0.2, 0.25) is 0 Å². The van der Waals surface area contributed by atoms with Crippen LogP contribution in [-0.4, -0.2) is 32.5 Å². The Morgan fingerprint density at radius 2 is 1.96 bits per heavy atom. The standard InChI is InChI=1S/C19H18O5/c1-9-7-10-5-6-19(24)16(14(10)13(21)8-9)17(22)11-3-2-4-12(20)15(11)18(19)23/h2-6,9,16,18,20,23-24H,7-8H2,1H3/t9-,16+,18+,19+/m1/s1. The van der Waals surface area contributed by atoms with Gasteiger partial charge in [0.25, 0.3) is 0 Å². The largest absolute Gasteiger partial charge is 0.508 e. The number of benzene rings is 1. The van der Waals surface area contributed by atoms with Gasteiger partial charge in [-0.1, -0.05) is 25.1 Å². The number of phenols is 1. The third-order valence-electron chi connectivity index (χ3n) is 5.37. The Bertz CT molecular complexity index is 834. The Balaban J connectivity index is 1.96. The Labute approximate surface area is 138 Å². The lowest BCUT2D eigenvalue weighted by molar-refractivity contribution is -0.120. The molecule has 1 aromatic rings. The Hall–Kier alpha value is -2.24. The lowest BCUT2D eigenvalue weighted by Gasteiger charge is -2.45. The predicted molar refractivity (Wildman–Crippen MR) is 85.4 cm³/mol. The Kier molecular flexibility index (Phi) is 3.11. The van der Waals surface area contributed by atoms with Gasteiger partial charge >= 0.3 is 0 Å². The highest BCUT2D eigenvalue weighted by Gasteiger charge is 2.56. The summed E-state index contributed by atoms with van der Waals surface area (Å²) in [5.41, 5.74) is -0.663. The summed E-state index contributed by atoms with van der Waals surface area (Å²) in [6, 6.07) is 4.39. The van der Waals surface area contributed by atoms with Gasteiger partial charge in [0.05, 0.1) is 5.92 Å². The van der Waals surface area contributed by atoms with Crippen LogP contribution >= 0.6 is 0 Å². The van der Waals surface area contributed by atoms with Crippen LogP contribution in [0.15, 0.2) is 41.5 Å². The minimum atomic E-state index is -1.92. The molecule has 124 valence electrons. The Morgan fingerprint density at radius 3 is 2.71 bits per heavy atom. The Morgan fingerprint density at radius 1 is 1.21 bits per heavy atom. The fourth-order valence-electron chi connectivity index (χ4n) is 4.26. The van der Waals surface area contributed by atoms with Gasteiger partial charge in [0.1, 0.15) is 17.5 Å². The smallest absolute Gasteiger partial charge is 0.174 e. The van der Waals surface area contributed by atoms with Crippen LogP contribution in [0.1, 0.15) is 41.8 Å². The average Bonchev–Trinajstić information content (AvgIpc) is 2.53. The topological polar surface area (TPSA) is 94.8 Å². The average molecular weight is 326 g/mol. The van der Waals surface area contributed by atoms with E-state index in [1.807, 2.05) is 6.92 Å². The highest BCUT2D eigenvalue weighted by atomic mass is 16.3. The normalized spacial score (nSPS) is 34.7. The molecular formula is C19H18O5. The quantitative estimate of drug-likeness (QED) is 0.676. The van der Waals surface area contributed by atoms with Crippen LogP contribution in [0, 0.1) is 11.8 Å². The summed E-state index contributed by atoms with van der Waals surface area (Å²) in [5.74, 6) is -1.76. The molecule has 3 aliphatic carbocycles. The van der Waals surface area contributed by atoms with Crippen molar-refractivity contribution in [1.29, 1.82) is 0 Å². The first kappa shape index (κ1) is 15.3. The summed E-state index contributed by atoms with van der Waals surface area (Å²) in [6.45, 7) is 1.97. The molecule has 0 unspecified atom stereocenters. The molecule has 0 amide bonds. The van der Waals surface area contributed by atoms with Crippen molar-refractivity contribution in [1.82, 2.24) is 0 Å². The summed E-state index contributed by atoms with van der Waals surface area (Å²) in [5, 5.41) is 31.8. The molecular weight excluding hydrogens is 308 g/mol. The van der Waals surface area contributed by atoms with Gasteiger partial charge in [-0.3, -0.25) is 9.59 Å². The van der Waals surface area contributed by atoms with E-state index in [1.165, 1.54) is 24.3 Å². The maximum absolute atomic E-state index is 13.0. The summed E-state index contributed by atoms with van der Waals surface area (Å²) in [6.07, 6.45) is 2.56. The number of rotatable bonds is 0.